The maximum atomic E-state index is 13.3. The number of nitriles is 1. The number of ether oxygens (including phenoxy) is 1. The molecular formula is C91H171N15O26. The van der Waals surface area contributed by atoms with Gasteiger partial charge in [0.15, 0.2) is 34.7 Å². The first-order valence-corrected chi connectivity index (χ1v) is 42.3. The van der Waals surface area contributed by atoms with E-state index in [9.17, 15) is 116 Å². The van der Waals surface area contributed by atoms with Crippen LogP contribution in [-0.2, 0) is 110 Å². The average Bonchev–Trinajstić information content (AvgIpc) is 0.847. The van der Waals surface area contributed by atoms with E-state index in [4.69, 9.17) is 59.2 Å². The van der Waals surface area contributed by atoms with Crippen LogP contribution in [0.25, 0.3) is 0 Å². The number of aliphatic hydroxyl groups excluding tert-OH is 3. The molecule has 0 fully saturated rings. The number of carbonyl (C=O) groups excluding carboxylic acids is 22. The first-order valence-electron chi connectivity index (χ1n) is 43.3. The summed E-state index contributed by atoms with van der Waals surface area (Å²) in [6, 6.07) is -4.64. The number of hydrogen-bond acceptors (Lipinski definition) is 27. The Bertz CT molecular complexity index is 3730. The number of rotatable bonds is 60. The molecule has 0 aromatic carbocycles. The SMILES string of the molecule is C.C.C.C.C.C#CC.CCC(C)[C@H](NC(=O)[C@H](CCC(N)=O)CC(=O)[C@H](CCC(=O)C(N)=O)NC(C)=O)C(=O)C[C@H](C(N)=O)C(C)C.CCC(C)[C@H](NC(=O)[C@H](CCC(N)=O)CC(=O)[C@H](CCC(O)C#N)NC(C)=O)C(=O)C[C@H](C(N)=O)C(C)C.CCC(C)[C@H](NC(=O)[C@H](CCC(N)=O)CC(=O)[C@H](CCC(O)C(N)=O)NC(C)=O)C(=O)C[C@H](C(N)=O)C(C)C.CCOC(C)=O.CO.[2HH].[2H][2H]. The average molecular weight is 1890 g/mol. The van der Waals surface area contributed by atoms with Crippen LogP contribution in [0.2, 0.25) is 0 Å². The molecule has 0 spiro atoms. The fourth-order valence-corrected chi connectivity index (χ4v) is 12.4. The van der Waals surface area contributed by atoms with E-state index in [2.05, 4.69) is 49.0 Å². The zero-order valence-corrected chi connectivity index (χ0v) is 77.5. The summed E-state index contributed by atoms with van der Waals surface area (Å²) in [5.41, 5.74) is 42.1. The third-order valence-electron chi connectivity index (χ3n) is 20.5. The van der Waals surface area contributed by atoms with Gasteiger partial charge in [0.2, 0.25) is 82.6 Å². The quantitative estimate of drug-likeness (QED) is 0.0180. The van der Waals surface area contributed by atoms with Crippen molar-refractivity contribution in [1.29, 1.82) is 5.26 Å². The summed E-state index contributed by atoms with van der Waals surface area (Å²) in [4.78, 5) is 267. The summed E-state index contributed by atoms with van der Waals surface area (Å²) in [7, 11) is 1.00. The van der Waals surface area contributed by atoms with Crippen LogP contribution in [0, 0.1) is 94.7 Å². The Balaban J connectivity index is -0.000000138. The molecule has 0 saturated heterocycles. The summed E-state index contributed by atoms with van der Waals surface area (Å²) in [5, 5.41) is 50.4. The molecular weight excluding hydrogens is 1720 g/mol. The minimum Gasteiger partial charge on any atom is -0.466 e. The predicted molar refractivity (Wildman–Crippen MR) is 505 cm³/mol. The molecule has 41 heteroatoms. The predicted octanol–water partition coefficient (Wildman–Crippen LogP) is 3.35. The number of Topliss-reactive ketones (excluding diaryl/α,β-unsaturated/α-hetero) is 7. The number of esters is 1. The summed E-state index contributed by atoms with van der Waals surface area (Å²) in [5.74, 6) is -18.3. The molecule has 25 N–H and O–H groups in total. The normalized spacial score (nSPS) is 14.1. The van der Waals surface area contributed by atoms with Crippen molar-refractivity contribution in [3.63, 3.8) is 0 Å². The molecule has 5 unspecified atom stereocenters. The first kappa shape index (κ1) is 141. The molecule has 0 aromatic rings. The van der Waals surface area contributed by atoms with E-state index in [0.717, 1.165) is 14.0 Å². The second-order valence-corrected chi connectivity index (χ2v) is 32.0. The van der Waals surface area contributed by atoms with Crippen LogP contribution < -0.4 is 77.8 Å². The number of primary amides is 8. The third-order valence-corrected chi connectivity index (χ3v) is 20.5. The number of nitrogens with one attached hydrogen (secondary N) is 6. The van der Waals surface area contributed by atoms with Crippen molar-refractivity contribution < 1.29 is 130 Å². The maximum Gasteiger partial charge on any atom is 0.302 e. The molecule has 0 aliphatic heterocycles. The van der Waals surface area contributed by atoms with E-state index in [1.54, 1.807) is 82.2 Å². The number of aliphatic hydroxyl groups is 3. The van der Waals surface area contributed by atoms with E-state index in [1.165, 1.54) is 20.8 Å². The molecule has 132 heavy (non-hydrogen) atoms. The molecule has 0 aromatic heterocycles. The van der Waals surface area contributed by atoms with Gasteiger partial charge in [0, 0.05) is 139 Å². The Hall–Kier alpha value is -11.3. The lowest BCUT2D eigenvalue weighted by molar-refractivity contribution is -0.140. The summed E-state index contributed by atoms with van der Waals surface area (Å²) >= 11 is 0. The smallest absolute Gasteiger partial charge is 0.302 e. The van der Waals surface area contributed by atoms with Gasteiger partial charge in [0.25, 0.3) is 5.91 Å². The van der Waals surface area contributed by atoms with Gasteiger partial charge in [0.1, 0.15) is 12.2 Å². The number of nitrogens with zero attached hydrogens (tertiary/aromatic N) is 1. The van der Waals surface area contributed by atoms with E-state index >= 15 is 0 Å². The zero-order chi connectivity index (χ0) is 102. The summed E-state index contributed by atoms with van der Waals surface area (Å²) in [6.07, 6.45) is -0.356. The Morgan fingerprint density at radius 1 is 0.379 bits per heavy atom. The van der Waals surface area contributed by atoms with Gasteiger partial charge in [0.05, 0.1) is 48.9 Å². The molecule has 0 saturated carbocycles. The summed E-state index contributed by atoms with van der Waals surface area (Å²) < 4.78 is 14.4. The molecule has 766 valence electrons. The van der Waals surface area contributed by atoms with Gasteiger partial charge in [-0.25, -0.2) is 0 Å². The molecule has 0 rings (SSSR count). The number of carbonyl (C=O) groups is 22. The lowest BCUT2D eigenvalue weighted by Crippen LogP contribution is -2.49. The van der Waals surface area contributed by atoms with Crippen LogP contribution in [0.1, 0.15) is 301 Å². The number of amides is 14. The fraction of sp³-hybridized carbons (Fsp3) is 0.725. The minimum atomic E-state index is -1.53. The molecule has 0 aliphatic carbocycles. The molecule has 41 nitrogen and oxygen atoms in total. The number of nitrogens with two attached hydrogens (primary N) is 8. The maximum absolute atomic E-state index is 13.3. The Morgan fingerprint density at radius 3 is 0.811 bits per heavy atom. The van der Waals surface area contributed by atoms with Gasteiger partial charge in [-0.3, -0.25) is 105 Å². The van der Waals surface area contributed by atoms with Crippen LogP contribution in [0.5, 0.6) is 0 Å². The molecule has 14 amide bonds. The number of terminal acetylenes is 1. The first-order chi connectivity index (χ1) is 59.8. The van der Waals surface area contributed by atoms with Gasteiger partial charge in [-0.2, -0.15) is 5.26 Å². The number of ketones is 7. The van der Waals surface area contributed by atoms with Crippen molar-refractivity contribution in [3.8, 4) is 18.4 Å². The highest BCUT2D eigenvalue weighted by Gasteiger charge is 2.39. The van der Waals surface area contributed by atoms with Crippen LogP contribution in [0.15, 0.2) is 0 Å². The van der Waals surface area contributed by atoms with Crippen molar-refractivity contribution in [2.45, 2.75) is 345 Å². The van der Waals surface area contributed by atoms with Crippen LogP contribution in [-0.4, -0.2) is 207 Å². The largest absolute Gasteiger partial charge is 0.466 e. The molecule has 0 radical (unpaired) electrons. The van der Waals surface area contributed by atoms with Gasteiger partial charge >= 0.3 is 5.97 Å². The lowest BCUT2D eigenvalue weighted by Gasteiger charge is -2.28. The van der Waals surface area contributed by atoms with Crippen molar-refractivity contribution >= 4 is 129 Å². The second-order valence-electron chi connectivity index (χ2n) is 32.0. The van der Waals surface area contributed by atoms with Gasteiger partial charge < -0.3 is 97.8 Å². The Morgan fingerprint density at radius 2 is 0.629 bits per heavy atom. The minimum absolute atomic E-state index is 0. The van der Waals surface area contributed by atoms with E-state index in [-0.39, 0.29) is 188 Å². The van der Waals surface area contributed by atoms with Gasteiger partial charge in [-0.15, -0.1) is 12.3 Å². The van der Waals surface area contributed by atoms with Gasteiger partial charge in [-0.1, -0.05) is 139 Å². The van der Waals surface area contributed by atoms with Crippen molar-refractivity contribution in [2.75, 3.05) is 13.7 Å². The molecule has 17 atom stereocenters. The van der Waals surface area contributed by atoms with Crippen LogP contribution in [0.3, 0.4) is 0 Å². The standard InChI is InChI=1S/C26H45N5O8.C26H43N5O8.C26H43N5O7.C4H8O2.C3H4.CH4O.5CH4.2H2/c2*1-6-14(4)23(21(35)12-17(13(2)3)24(28)37)31-26(39)16(7-10-22(27)36)11-20(34)18(30-15(5)32)8-9-19(33)25(29)38;1-6-15(4)24(22(35)12-19(14(2)3)25(29)37)31-26(38)17(7-10-23(28)36)11-21(34)20(30-16(5)32)9-8-18(33)13-27;1-3-6-4(2)5;1-3-2;1-2;;;;;;;/h13-14,16-19,23,33H,6-12H2,1-5H3,(H2,27,36)(H2,28,37)(H2,29,38)(H,30,32)(H,31,39);13-14,16-18,23H,6-12H2,1-5H3,(H2,27,36)(H2,28,37)(H2,29,38)(H,30,32)(H,31,39);14-15,17-20,24,33H,6-12H2,1-5H3,(H2,28,36)(H2,29,37)(H,30,32)(H,31,38);3H2,1-2H3;1H,2H3;2H,1H3;5*1H4;2*1H/t14?,16-,17+,18+,19?,23+;14?,16-,17+,18+,23+;15?,17-,18?,19+,20+,24+;;;;;;;;;;/m111........../s1/i;;;;;;;;;;;1+1D;1+1. The number of hydrogen-bond donors (Lipinski definition) is 17. The van der Waals surface area contributed by atoms with Crippen LogP contribution in [0.4, 0.5) is 0 Å². The van der Waals surface area contributed by atoms with E-state index in [0.29, 0.717) is 25.9 Å². The molecule has 0 aliphatic rings. The summed E-state index contributed by atoms with van der Waals surface area (Å²) in [6.45, 7) is 30.2. The second kappa shape index (κ2) is 79.4. The Kier molecular flexibility index (Phi) is 84.9. The topological polar surface area (TPSA) is 750 Å². The highest BCUT2D eigenvalue weighted by atomic mass is 16.5. The lowest BCUT2D eigenvalue weighted by atomic mass is 9.84. The van der Waals surface area contributed by atoms with E-state index < -0.39 is 215 Å². The zero-order valence-electron chi connectivity index (χ0n) is 79.5. The highest BCUT2D eigenvalue weighted by molar-refractivity contribution is 6.35. The van der Waals surface area contributed by atoms with Crippen molar-refractivity contribution in [1.82, 2.24) is 31.9 Å². The van der Waals surface area contributed by atoms with Crippen LogP contribution >= 0.6 is 0 Å². The Labute approximate surface area is 787 Å². The molecule has 0 heterocycles. The monoisotopic (exact) mass is 1890 g/mol. The third kappa shape index (κ3) is 66.1. The fourth-order valence-electron chi connectivity index (χ4n) is 12.4. The molecule has 0 bridgehead atoms. The van der Waals surface area contributed by atoms with E-state index in [1.807, 2.05) is 20.8 Å². The van der Waals surface area contributed by atoms with Gasteiger partial charge in [-0.05, 0) is 101 Å². The highest BCUT2D eigenvalue weighted by Crippen LogP contribution is 2.27. The van der Waals surface area contributed by atoms with Crippen molar-refractivity contribution in [2.24, 2.45) is 117 Å². The van der Waals surface area contributed by atoms with Crippen molar-refractivity contribution in [3.05, 3.63) is 0 Å².